The first kappa shape index (κ1) is 22.0. The molecule has 0 spiro atoms. The first-order valence-electron chi connectivity index (χ1n) is 8.60. The third kappa shape index (κ3) is 3.67. The maximum atomic E-state index is 12.2. The average molecular weight is 487 g/mol. The summed E-state index contributed by atoms with van der Waals surface area (Å²) in [5, 5.41) is 22.2. The summed E-state index contributed by atoms with van der Waals surface area (Å²) in [6, 6.07) is 27.8. The zero-order valence-corrected chi connectivity index (χ0v) is 17.5. The van der Waals surface area contributed by atoms with Crippen LogP contribution in [0.3, 0.4) is 0 Å². The molecule has 0 atom stereocenters. The van der Waals surface area contributed by atoms with E-state index in [1.807, 2.05) is 91.0 Å². The third-order valence-corrected chi connectivity index (χ3v) is 11.7. The van der Waals surface area contributed by atoms with Gasteiger partial charge >= 0.3 is 158 Å². The molecule has 3 aromatic rings. The molecule has 0 unspecified atom stereocenters. The number of hydrogen-bond acceptors (Lipinski definition) is 2. The van der Waals surface area contributed by atoms with Crippen LogP contribution < -0.4 is 15.9 Å². The van der Waals surface area contributed by atoms with Gasteiger partial charge in [-0.25, -0.2) is 0 Å². The topological polar surface area (TPSA) is 74.6 Å². The van der Waals surface area contributed by atoms with Crippen LogP contribution in [0.2, 0.25) is 0 Å². The van der Waals surface area contributed by atoms with E-state index < -0.39 is 18.5 Å². The predicted molar refractivity (Wildman–Crippen MR) is 110 cm³/mol. The van der Waals surface area contributed by atoms with Crippen LogP contribution >= 0.6 is 6.60 Å². The number of carboxylic acid groups (broad SMARTS) is 2. The van der Waals surface area contributed by atoms with Gasteiger partial charge in [-0.05, 0) is 0 Å². The van der Waals surface area contributed by atoms with Crippen molar-refractivity contribution in [3.63, 3.8) is 0 Å². The Kier molecular flexibility index (Phi) is 6.91. The number of rotatable bonds is 7. The largest absolute Gasteiger partial charge is 0 e. The molecule has 0 aliphatic carbocycles. The van der Waals surface area contributed by atoms with Gasteiger partial charge in [-0.3, -0.25) is 0 Å². The van der Waals surface area contributed by atoms with E-state index in [-0.39, 0.29) is 32.7 Å². The van der Waals surface area contributed by atoms with Crippen LogP contribution in [0.4, 0.5) is 0 Å². The molecular weight excluding hydrogens is 466 g/mol. The number of carbonyl (C=O) groups is 2. The summed E-state index contributed by atoms with van der Waals surface area (Å²) in [4.78, 5) is 24.3. The van der Waals surface area contributed by atoms with Crippen LogP contribution in [-0.4, -0.2) is 34.5 Å². The first-order valence-corrected chi connectivity index (χ1v) is 11.2. The summed E-state index contributed by atoms with van der Waals surface area (Å²) in [5.74, 6) is -2.02. The first-order chi connectivity index (χ1) is 13.0. The summed E-state index contributed by atoms with van der Waals surface area (Å²) < 4.78 is 0. The molecule has 148 valence electrons. The minimum atomic E-state index is -3.82. The van der Waals surface area contributed by atoms with E-state index in [9.17, 15) is 19.8 Å². The van der Waals surface area contributed by atoms with Crippen LogP contribution in [0.25, 0.3) is 0 Å². The number of hydrogen-bond donors (Lipinski definition) is 2. The van der Waals surface area contributed by atoms with E-state index in [0.717, 1.165) is 15.9 Å². The SMILES string of the molecule is O=C(O)CP(CC(=O)O)(c1ccccc1)(c1ccccc1)c1ccccc1.[Pd]. The fourth-order valence-corrected chi connectivity index (χ4v) is 9.98. The summed E-state index contributed by atoms with van der Waals surface area (Å²) in [6.07, 6.45) is -0.508. The summed E-state index contributed by atoms with van der Waals surface area (Å²) in [5.41, 5.74) is 0. The van der Waals surface area contributed by atoms with Gasteiger partial charge in [0.1, 0.15) is 0 Å². The molecule has 2 N–H and O–H groups in total. The van der Waals surface area contributed by atoms with Gasteiger partial charge in [0.15, 0.2) is 0 Å². The number of benzene rings is 3. The van der Waals surface area contributed by atoms with Crippen molar-refractivity contribution in [2.45, 2.75) is 0 Å². The fourth-order valence-electron chi connectivity index (χ4n) is 4.01. The Hall–Kier alpha value is -2.31. The Labute approximate surface area is 177 Å². The second-order valence-corrected chi connectivity index (χ2v) is 11.8. The van der Waals surface area contributed by atoms with Crippen LogP contribution in [0.1, 0.15) is 0 Å². The number of carboxylic acids is 2. The molecule has 0 aromatic heterocycles. The molecule has 0 radical (unpaired) electrons. The molecule has 0 amide bonds. The Bertz CT molecular complexity index is 827. The monoisotopic (exact) mass is 486 g/mol. The minimum absolute atomic E-state index is 0. The third-order valence-electron chi connectivity index (χ3n) is 5.11. The summed E-state index contributed by atoms with van der Waals surface area (Å²) in [7, 11) is 0. The van der Waals surface area contributed by atoms with Gasteiger partial charge < -0.3 is 0 Å². The molecule has 0 saturated carbocycles. The summed E-state index contributed by atoms with van der Waals surface area (Å²) in [6.45, 7) is -3.82. The Morgan fingerprint density at radius 2 is 0.821 bits per heavy atom. The molecule has 6 heteroatoms. The van der Waals surface area contributed by atoms with E-state index in [2.05, 4.69) is 0 Å². The van der Waals surface area contributed by atoms with Gasteiger partial charge in [-0.1, -0.05) is 0 Å². The maximum absolute atomic E-state index is 12.2. The van der Waals surface area contributed by atoms with Crippen LogP contribution in [0.5, 0.6) is 0 Å². The van der Waals surface area contributed by atoms with Gasteiger partial charge in [0, 0.05) is 20.4 Å². The molecule has 28 heavy (non-hydrogen) atoms. The zero-order chi connectivity index (χ0) is 19.4. The Balaban J connectivity index is 0.00000280. The molecule has 0 aliphatic heterocycles. The zero-order valence-electron chi connectivity index (χ0n) is 15.0. The molecule has 4 nitrogen and oxygen atoms in total. The molecular formula is C22H21O4PPd. The van der Waals surface area contributed by atoms with Crippen molar-refractivity contribution in [1.29, 1.82) is 0 Å². The minimum Gasteiger partial charge on any atom is 0 e. The number of aliphatic carboxylic acids is 2. The fraction of sp³-hybridized carbons (Fsp3) is 0.0909. The van der Waals surface area contributed by atoms with E-state index in [1.54, 1.807) is 0 Å². The van der Waals surface area contributed by atoms with Gasteiger partial charge in [-0.15, -0.1) is 0 Å². The Morgan fingerprint density at radius 3 is 1.04 bits per heavy atom. The van der Waals surface area contributed by atoms with E-state index in [1.165, 1.54) is 0 Å². The van der Waals surface area contributed by atoms with Crippen molar-refractivity contribution in [2.24, 2.45) is 0 Å². The van der Waals surface area contributed by atoms with Gasteiger partial charge in [0.2, 0.25) is 0 Å². The van der Waals surface area contributed by atoms with Gasteiger partial charge in [0.25, 0.3) is 0 Å². The van der Waals surface area contributed by atoms with Crippen LogP contribution in [-0.2, 0) is 30.0 Å². The van der Waals surface area contributed by atoms with Crippen LogP contribution in [0, 0.1) is 0 Å². The molecule has 0 fully saturated rings. The Morgan fingerprint density at radius 1 is 0.571 bits per heavy atom. The molecule has 0 aliphatic rings. The second kappa shape index (κ2) is 8.80. The standard InChI is InChI=1S/C22H21O4P.Pd/c23-21(24)16-27(17-22(25)26,18-10-4-1-5-11-18,19-12-6-2-7-13-19)20-14-8-3-9-15-20;/h1-15H,16-17H2,(H,23,24)(H,25,26);. The molecule has 0 bridgehead atoms. The molecule has 0 heterocycles. The maximum Gasteiger partial charge on any atom is 0 e. The molecule has 3 aromatic carbocycles. The van der Waals surface area contributed by atoms with E-state index >= 15 is 0 Å². The summed E-state index contributed by atoms with van der Waals surface area (Å²) >= 11 is 0. The van der Waals surface area contributed by atoms with Gasteiger partial charge in [0.05, 0.1) is 0 Å². The van der Waals surface area contributed by atoms with Gasteiger partial charge in [-0.2, -0.15) is 0 Å². The van der Waals surface area contributed by atoms with Crippen molar-refractivity contribution < 1.29 is 40.2 Å². The second-order valence-electron chi connectivity index (χ2n) is 6.62. The predicted octanol–water partition coefficient (Wildman–Crippen LogP) is 2.68. The molecule has 0 saturated heterocycles. The average Bonchev–Trinajstić information content (AvgIpc) is 2.69. The van der Waals surface area contributed by atoms with Crippen LogP contribution in [0.15, 0.2) is 91.0 Å². The van der Waals surface area contributed by atoms with Crippen molar-refractivity contribution >= 4 is 34.5 Å². The van der Waals surface area contributed by atoms with E-state index in [0.29, 0.717) is 0 Å². The van der Waals surface area contributed by atoms with Crippen molar-refractivity contribution in [1.82, 2.24) is 0 Å². The van der Waals surface area contributed by atoms with Crippen molar-refractivity contribution in [3.8, 4) is 0 Å². The quantitative estimate of drug-likeness (QED) is 0.398. The smallest absolute Gasteiger partial charge is 0 e. The van der Waals surface area contributed by atoms with E-state index in [4.69, 9.17) is 0 Å². The van der Waals surface area contributed by atoms with Crippen molar-refractivity contribution in [3.05, 3.63) is 91.0 Å². The normalized spacial score (nSPS) is 12.2. The molecule has 3 rings (SSSR count). The van der Waals surface area contributed by atoms with Crippen molar-refractivity contribution in [2.75, 3.05) is 12.3 Å².